The van der Waals surface area contributed by atoms with Crippen molar-refractivity contribution in [2.24, 2.45) is 0 Å². The van der Waals surface area contributed by atoms with Crippen molar-refractivity contribution in [2.75, 3.05) is 30.8 Å². The number of rotatable bonds is 7. The number of aryl methyl sites for hydroxylation is 2. The summed E-state index contributed by atoms with van der Waals surface area (Å²) in [6, 6.07) is 3.52. The molecule has 4 aromatic heterocycles. The second-order valence-corrected chi connectivity index (χ2v) is 9.34. The Morgan fingerprint density at radius 3 is 2.66 bits per heavy atom. The molecule has 0 unspecified atom stereocenters. The summed E-state index contributed by atoms with van der Waals surface area (Å²) in [5.74, 6) is 0.514. The highest BCUT2D eigenvalue weighted by atomic mass is 32.2. The molecule has 0 radical (unpaired) electrons. The standard InChI is InChI=1S/C24H28N8O2S/c1-4-30-14-18(19(33)16-8-7-15(2)27-20(16)30)23(34)25-9-12-32-22-17(13-26-32)21(28-24(29-22)35-3)31-10-5-6-11-31/h7-8,13-14H,4-6,9-12H2,1-3H3,(H,25,34). The van der Waals surface area contributed by atoms with Crippen LogP contribution in [0.2, 0.25) is 0 Å². The van der Waals surface area contributed by atoms with Gasteiger partial charge in [0.15, 0.2) is 10.8 Å². The Morgan fingerprint density at radius 1 is 1.11 bits per heavy atom. The number of thioether (sulfide) groups is 1. The van der Waals surface area contributed by atoms with Crippen LogP contribution < -0.4 is 15.6 Å². The van der Waals surface area contributed by atoms with Gasteiger partial charge in [-0.2, -0.15) is 5.10 Å². The lowest BCUT2D eigenvalue weighted by Gasteiger charge is -2.17. The minimum Gasteiger partial charge on any atom is -0.356 e. The molecule has 1 amide bonds. The monoisotopic (exact) mass is 492 g/mol. The van der Waals surface area contributed by atoms with Crippen molar-refractivity contribution in [2.45, 2.75) is 44.9 Å². The fraction of sp³-hybridized carbons (Fsp3) is 0.417. The molecule has 35 heavy (non-hydrogen) atoms. The molecule has 0 aliphatic carbocycles. The van der Waals surface area contributed by atoms with E-state index < -0.39 is 5.91 Å². The molecule has 1 aliphatic rings. The fourth-order valence-electron chi connectivity index (χ4n) is 4.48. The van der Waals surface area contributed by atoms with E-state index in [1.165, 1.54) is 11.8 Å². The first-order valence-electron chi connectivity index (χ1n) is 11.8. The van der Waals surface area contributed by atoms with Crippen LogP contribution >= 0.6 is 11.8 Å². The lowest BCUT2D eigenvalue weighted by Crippen LogP contribution is -2.32. The van der Waals surface area contributed by atoms with Gasteiger partial charge in [0, 0.05) is 38.1 Å². The van der Waals surface area contributed by atoms with Crippen LogP contribution in [-0.2, 0) is 13.1 Å². The van der Waals surface area contributed by atoms with E-state index in [9.17, 15) is 9.59 Å². The summed E-state index contributed by atoms with van der Waals surface area (Å²) >= 11 is 1.50. The molecule has 182 valence electrons. The molecular weight excluding hydrogens is 464 g/mol. The maximum absolute atomic E-state index is 13.0. The van der Waals surface area contributed by atoms with Crippen molar-refractivity contribution < 1.29 is 4.79 Å². The molecule has 0 aromatic carbocycles. The first-order chi connectivity index (χ1) is 17.0. The molecule has 4 aromatic rings. The topological polar surface area (TPSA) is 111 Å². The lowest BCUT2D eigenvalue weighted by molar-refractivity contribution is 0.0950. The van der Waals surface area contributed by atoms with Gasteiger partial charge in [0.25, 0.3) is 5.91 Å². The van der Waals surface area contributed by atoms with E-state index in [1.807, 2.05) is 24.7 Å². The predicted octanol–water partition coefficient (Wildman–Crippen LogP) is 2.62. The van der Waals surface area contributed by atoms with Gasteiger partial charge in [0.05, 0.1) is 23.5 Å². The summed E-state index contributed by atoms with van der Waals surface area (Å²) in [6.45, 7) is 7.14. The lowest BCUT2D eigenvalue weighted by atomic mass is 10.1. The van der Waals surface area contributed by atoms with E-state index in [4.69, 9.17) is 4.98 Å². The highest BCUT2D eigenvalue weighted by Crippen LogP contribution is 2.28. The number of anilines is 1. The van der Waals surface area contributed by atoms with E-state index in [0.717, 1.165) is 48.5 Å². The summed E-state index contributed by atoms with van der Waals surface area (Å²) in [7, 11) is 0. The maximum Gasteiger partial charge on any atom is 0.256 e. The van der Waals surface area contributed by atoms with Gasteiger partial charge in [0.2, 0.25) is 5.43 Å². The smallest absolute Gasteiger partial charge is 0.256 e. The zero-order chi connectivity index (χ0) is 24.5. The Bertz CT molecular complexity index is 1470. The maximum atomic E-state index is 13.0. The van der Waals surface area contributed by atoms with Crippen molar-refractivity contribution >= 4 is 45.6 Å². The van der Waals surface area contributed by atoms with Crippen LogP contribution in [0.25, 0.3) is 22.1 Å². The number of fused-ring (bicyclic) bond motifs is 2. The van der Waals surface area contributed by atoms with Crippen LogP contribution in [0.3, 0.4) is 0 Å². The zero-order valence-corrected chi connectivity index (χ0v) is 20.9. The van der Waals surface area contributed by atoms with Crippen LogP contribution in [-0.4, -0.2) is 61.1 Å². The van der Waals surface area contributed by atoms with Gasteiger partial charge in [-0.1, -0.05) is 11.8 Å². The number of pyridine rings is 2. The highest BCUT2D eigenvalue weighted by Gasteiger charge is 2.21. The summed E-state index contributed by atoms with van der Waals surface area (Å²) < 4.78 is 3.62. The molecule has 0 bridgehead atoms. The quantitative estimate of drug-likeness (QED) is 0.310. The SMILES string of the molecule is CCn1cc(C(=O)NCCn2ncc3c(N4CCCC4)nc(SC)nc32)c(=O)c2ccc(C)nc21. The third kappa shape index (κ3) is 4.36. The summed E-state index contributed by atoms with van der Waals surface area (Å²) in [5, 5.41) is 9.45. The molecule has 5 heterocycles. The molecule has 1 aliphatic heterocycles. The first kappa shape index (κ1) is 23.3. The molecule has 0 spiro atoms. The third-order valence-corrected chi connectivity index (χ3v) is 6.85. The largest absolute Gasteiger partial charge is 0.356 e. The number of carbonyl (C=O) groups excluding carboxylic acids is 1. The zero-order valence-electron chi connectivity index (χ0n) is 20.1. The summed E-state index contributed by atoms with van der Waals surface area (Å²) in [4.78, 5) is 42.1. The summed E-state index contributed by atoms with van der Waals surface area (Å²) in [5.41, 5.74) is 1.96. The predicted molar refractivity (Wildman–Crippen MR) is 137 cm³/mol. The van der Waals surface area contributed by atoms with Gasteiger partial charge in [0.1, 0.15) is 17.0 Å². The van der Waals surface area contributed by atoms with Crippen molar-refractivity contribution in [3.63, 3.8) is 0 Å². The number of carbonyl (C=O) groups is 1. The van der Waals surface area contributed by atoms with E-state index in [1.54, 1.807) is 29.2 Å². The molecule has 0 atom stereocenters. The highest BCUT2D eigenvalue weighted by molar-refractivity contribution is 7.98. The van der Waals surface area contributed by atoms with Gasteiger partial charge in [-0.25, -0.2) is 19.6 Å². The van der Waals surface area contributed by atoms with Gasteiger partial charge >= 0.3 is 0 Å². The Kier molecular flexibility index (Phi) is 6.42. The average Bonchev–Trinajstić information content (AvgIpc) is 3.54. The van der Waals surface area contributed by atoms with Crippen LogP contribution in [0.1, 0.15) is 35.8 Å². The Labute approximate surface area is 206 Å². The van der Waals surface area contributed by atoms with Crippen LogP contribution in [0.15, 0.2) is 34.5 Å². The van der Waals surface area contributed by atoms with E-state index >= 15 is 0 Å². The van der Waals surface area contributed by atoms with Crippen LogP contribution in [0.4, 0.5) is 5.82 Å². The second-order valence-electron chi connectivity index (χ2n) is 8.57. The molecule has 1 fully saturated rings. The van der Waals surface area contributed by atoms with E-state index in [2.05, 4.69) is 25.3 Å². The molecular formula is C24H28N8O2S. The van der Waals surface area contributed by atoms with Crippen molar-refractivity contribution in [1.29, 1.82) is 0 Å². The Morgan fingerprint density at radius 2 is 1.91 bits per heavy atom. The summed E-state index contributed by atoms with van der Waals surface area (Å²) in [6.07, 6.45) is 7.66. The Hall–Kier alpha value is -3.47. The number of amides is 1. The van der Waals surface area contributed by atoms with E-state index in [0.29, 0.717) is 35.8 Å². The van der Waals surface area contributed by atoms with Gasteiger partial charge < -0.3 is 14.8 Å². The number of hydrogen-bond acceptors (Lipinski definition) is 8. The molecule has 1 saturated heterocycles. The average molecular weight is 493 g/mol. The van der Waals surface area contributed by atoms with Crippen LogP contribution in [0.5, 0.6) is 0 Å². The molecule has 0 saturated carbocycles. The van der Waals surface area contributed by atoms with E-state index in [-0.39, 0.29) is 11.0 Å². The van der Waals surface area contributed by atoms with Gasteiger partial charge in [-0.3, -0.25) is 9.59 Å². The Balaban J connectivity index is 1.37. The normalized spacial score (nSPS) is 13.7. The third-order valence-electron chi connectivity index (χ3n) is 6.30. The first-order valence-corrected chi connectivity index (χ1v) is 13.0. The number of aromatic nitrogens is 6. The molecule has 1 N–H and O–H groups in total. The van der Waals surface area contributed by atoms with Gasteiger partial charge in [-0.15, -0.1) is 0 Å². The molecule has 10 nitrogen and oxygen atoms in total. The number of hydrogen-bond donors (Lipinski definition) is 1. The van der Waals surface area contributed by atoms with Crippen molar-refractivity contribution in [3.8, 4) is 0 Å². The van der Waals surface area contributed by atoms with Crippen molar-refractivity contribution in [1.82, 2.24) is 34.6 Å². The van der Waals surface area contributed by atoms with Gasteiger partial charge in [-0.05, 0) is 45.1 Å². The number of nitrogens with one attached hydrogen (secondary N) is 1. The fourth-order valence-corrected chi connectivity index (χ4v) is 4.83. The minimum absolute atomic E-state index is 0.110. The number of nitrogens with zero attached hydrogens (tertiary/aromatic N) is 7. The minimum atomic E-state index is -0.409. The molecule has 5 rings (SSSR count). The van der Waals surface area contributed by atoms with Crippen molar-refractivity contribution in [3.05, 3.63) is 46.0 Å². The molecule has 11 heteroatoms. The second kappa shape index (κ2) is 9.65. The van der Waals surface area contributed by atoms with Crippen LogP contribution in [0, 0.1) is 6.92 Å².